The highest BCUT2D eigenvalue weighted by Crippen LogP contribution is 2.20. The molecular formula is C16H27BrN2O. The first-order valence-electron chi connectivity index (χ1n) is 7.21. The highest BCUT2D eigenvalue weighted by atomic mass is 79.9. The fourth-order valence-corrected chi connectivity index (χ4v) is 2.68. The van der Waals surface area contributed by atoms with Gasteiger partial charge in [0.1, 0.15) is 0 Å². The molecule has 114 valence electrons. The summed E-state index contributed by atoms with van der Waals surface area (Å²) in [6, 6.07) is 8.85. The Kier molecular flexibility index (Phi) is 7.17. The van der Waals surface area contributed by atoms with Crippen LogP contribution in [0.4, 0.5) is 0 Å². The average Bonchev–Trinajstić information content (AvgIpc) is 2.33. The Labute approximate surface area is 131 Å². The van der Waals surface area contributed by atoms with Gasteiger partial charge in [-0.1, -0.05) is 35.0 Å². The van der Waals surface area contributed by atoms with Crippen LogP contribution in [0.25, 0.3) is 0 Å². The van der Waals surface area contributed by atoms with E-state index in [0.29, 0.717) is 12.6 Å². The largest absolute Gasteiger partial charge is 0.389 e. The van der Waals surface area contributed by atoms with Crippen molar-refractivity contribution in [1.82, 2.24) is 10.2 Å². The fourth-order valence-electron chi connectivity index (χ4n) is 2.42. The molecule has 1 unspecified atom stereocenters. The molecule has 1 aromatic carbocycles. The number of hydrogen-bond acceptors (Lipinski definition) is 3. The van der Waals surface area contributed by atoms with E-state index in [-0.39, 0.29) is 0 Å². The molecule has 1 atom stereocenters. The highest BCUT2D eigenvalue weighted by molar-refractivity contribution is 9.10. The standard InChI is InChI=1S/C16H27BrN2O/c1-5-18-15(13-6-8-14(17)9-7-13)10-11-19(4)12-16(2,3)20/h6-9,15,18,20H,5,10-12H2,1-4H3. The first-order chi connectivity index (χ1) is 9.31. The zero-order valence-electron chi connectivity index (χ0n) is 13.0. The van der Waals surface area contributed by atoms with Gasteiger partial charge in [-0.15, -0.1) is 0 Å². The van der Waals surface area contributed by atoms with E-state index < -0.39 is 5.60 Å². The molecule has 2 N–H and O–H groups in total. The molecule has 3 nitrogen and oxygen atoms in total. The second-order valence-corrected chi connectivity index (χ2v) is 6.92. The summed E-state index contributed by atoms with van der Waals surface area (Å²) < 4.78 is 1.11. The first kappa shape index (κ1) is 17.6. The van der Waals surface area contributed by atoms with E-state index >= 15 is 0 Å². The van der Waals surface area contributed by atoms with Crippen LogP contribution in [0, 0.1) is 0 Å². The first-order valence-corrected chi connectivity index (χ1v) is 8.01. The lowest BCUT2D eigenvalue weighted by atomic mass is 10.0. The van der Waals surface area contributed by atoms with Gasteiger partial charge < -0.3 is 15.3 Å². The topological polar surface area (TPSA) is 35.5 Å². The molecule has 1 rings (SSSR count). The summed E-state index contributed by atoms with van der Waals surface area (Å²) in [5.74, 6) is 0. The quantitative estimate of drug-likeness (QED) is 0.761. The third-order valence-corrected chi connectivity index (χ3v) is 3.71. The lowest BCUT2D eigenvalue weighted by Gasteiger charge is -2.27. The van der Waals surface area contributed by atoms with Crippen molar-refractivity contribution in [2.75, 3.05) is 26.7 Å². The lowest BCUT2D eigenvalue weighted by molar-refractivity contribution is 0.0436. The van der Waals surface area contributed by atoms with Gasteiger partial charge >= 0.3 is 0 Å². The van der Waals surface area contributed by atoms with Crippen molar-refractivity contribution in [3.63, 3.8) is 0 Å². The van der Waals surface area contributed by atoms with Crippen LogP contribution < -0.4 is 5.32 Å². The van der Waals surface area contributed by atoms with Crippen LogP contribution in [0.2, 0.25) is 0 Å². The zero-order valence-corrected chi connectivity index (χ0v) is 14.6. The van der Waals surface area contributed by atoms with Crippen molar-refractivity contribution in [2.45, 2.75) is 38.8 Å². The van der Waals surface area contributed by atoms with E-state index in [2.05, 4.69) is 64.4 Å². The summed E-state index contributed by atoms with van der Waals surface area (Å²) in [6.45, 7) is 8.42. The van der Waals surface area contributed by atoms with E-state index in [1.165, 1.54) is 5.56 Å². The number of aliphatic hydroxyl groups is 1. The van der Waals surface area contributed by atoms with E-state index in [0.717, 1.165) is 24.0 Å². The van der Waals surface area contributed by atoms with Crippen LogP contribution in [0.3, 0.4) is 0 Å². The van der Waals surface area contributed by atoms with Crippen LogP contribution in [-0.4, -0.2) is 42.3 Å². The predicted molar refractivity (Wildman–Crippen MR) is 89.0 cm³/mol. The Morgan fingerprint density at radius 1 is 1.30 bits per heavy atom. The monoisotopic (exact) mass is 342 g/mol. The molecule has 0 aliphatic carbocycles. The average molecular weight is 343 g/mol. The molecule has 0 saturated carbocycles. The Hall–Kier alpha value is -0.420. The normalized spacial score (nSPS) is 13.8. The molecule has 0 aliphatic heterocycles. The molecule has 4 heteroatoms. The smallest absolute Gasteiger partial charge is 0.0718 e. The maximum atomic E-state index is 9.84. The van der Waals surface area contributed by atoms with Gasteiger partial charge in [-0.2, -0.15) is 0 Å². The van der Waals surface area contributed by atoms with Gasteiger partial charge in [-0.05, 0) is 58.1 Å². The second kappa shape index (κ2) is 8.13. The zero-order chi connectivity index (χ0) is 15.2. The van der Waals surface area contributed by atoms with Crippen molar-refractivity contribution >= 4 is 15.9 Å². The summed E-state index contributed by atoms with van der Waals surface area (Å²) in [7, 11) is 2.06. The summed E-state index contributed by atoms with van der Waals surface area (Å²) in [5.41, 5.74) is 0.673. The van der Waals surface area contributed by atoms with Gasteiger partial charge in [0.15, 0.2) is 0 Å². The van der Waals surface area contributed by atoms with E-state index in [4.69, 9.17) is 0 Å². The molecule has 0 saturated heterocycles. The molecule has 0 bridgehead atoms. The van der Waals surface area contributed by atoms with Crippen LogP contribution in [-0.2, 0) is 0 Å². The summed E-state index contributed by atoms with van der Waals surface area (Å²) in [6.07, 6.45) is 1.03. The summed E-state index contributed by atoms with van der Waals surface area (Å²) in [4.78, 5) is 2.18. The molecule has 0 amide bonds. The number of halogens is 1. The molecule has 0 spiro atoms. The molecule has 20 heavy (non-hydrogen) atoms. The van der Waals surface area contributed by atoms with Crippen molar-refractivity contribution in [2.24, 2.45) is 0 Å². The highest BCUT2D eigenvalue weighted by Gasteiger charge is 2.17. The van der Waals surface area contributed by atoms with Gasteiger partial charge in [0.05, 0.1) is 5.60 Å². The number of likely N-dealkylation sites (N-methyl/N-ethyl adjacent to an activating group) is 1. The maximum absolute atomic E-state index is 9.84. The van der Waals surface area contributed by atoms with Gasteiger partial charge in [-0.25, -0.2) is 0 Å². The van der Waals surface area contributed by atoms with Crippen LogP contribution in [0.15, 0.2) is 28.7 Å². The number of rotatable bonds is 8. The minimum absolute atomic E-state index is 0.359. The van der Waals surface area contributed by atoms with Crippen molar-refractivity contribution in [3.8, 4) is 0 Å². The summed E-state index contributed by atoms with van der Waals surface area (Å²) >= 11 is 3.47. The lowest BCUT2D eigenvalue weighted by Crippen LogP contribution is -2.37. The molecule has 1 aromatic rings. The van der Waals surface area contributed by atoms with Gasteiger partial charge in [0.25, 0.3) is 0 Å². The third-order valence-electron chi connectivity index (χ3n) is 3.18. The second-order valence-electron chi connectivity index (χ2n) is 6.00. The Balaban J connectivity index is 2.57. The molecule has 0 radical (unpaired) electrons. The van der Waals surface area contributed by atoms with Crippen molar-refractivity contribution in [3.05, 3.63) is 34.3 Å². The third kappa shape index (κ3) is 6.84. The molecule has 0 aliphatic rings. The van der Waals surface area contributed by atoms with Crippen LogP contribution in [0.5, 0.6) is 0 Å². The minimum Gasteiger partial charge on any atom is -0.389 e. The van der Waals surface area contributed by atoms with Crippen molar-refractivity contribution < 1.29 is 5.11 Å². The van der Waals surface area contributed by atoms with E-state index in [9.17, 15) is 5.11 Å². The van der Waals surface area contributed by atoms with Crippen molar-refractivity contribution in [1.29, 1.82) is 0 Å². The van der Waals surface area contributed by atoms with E-state index in [1.807, 2.05) is 13.8 Å². The number of nitrogens with zero attached hydrogens (tertiary/aromatic N) is 1. The van der Waals surface area contributed by atoms with Gasteiger partial charge in [0.2, 0.25) is 0 Å². The van der Waals surface area contributed by atoms with Crippen LogP contribution >= 0.6 is 15.9 Å². The molecule has 0 fully saturated rings. The minimum atomic E-state index is -0.639. The predicted octanol–water partition coefficient (Wildman–Crippen LogP) is 3.19. The summed E-state index contributed by atoms with van der Waals surface area (Å²) in [5, 5.41) is 13.4. The number of benzene rings is 1. The fraction of sp³-hybridized carbons (Fsp3) is 0.625. The molecule has 0 heterocycles. The van der Waals surface area contributed by atoms with Crippen LogP contribution in [0.1, 0.15) is 38.8 Å². The Morgan fingerprint density at radius 2 is 1.90 bits per heavy atom. The molecular weight excluding hydrogens is 316 g/mol. The Bertz CT molecular complexity index is 386. The number of hydrogen-bond donors (Lipinski definition) is 2. The van der Waals surface area contributed by atoms with E-state index in [1.54, 1.807) is 0 Å². The van der Waals surface area contributed by atoms with Gasteiger partial charge in [-0.3, -0.25) is 0 Å². The SMILES string of the molecule is CCNC(CCN(C)CC(C)(C)O)c1ccc(Br)cc1. The maximum Gasteiger partial charge on any atom is 0.0718 e. The molecule has 0 aromatic heterocycles. The Morgan fingerprint density at radius 3 is 2.40 bits per heavy atom. The van der Waals surface area contributed by atoms with Gasteiger partial charge in [0, 0.05) is 17.1 Å². The number of nitrogens with one attached hydrogen (secondary N) is 1.